The van der Waals surface area contributed by atoms with E-state index in [1.54, 1.807) is 18.3 Å². The molecular weight excluding hydrogens is 410 g/mol. The minimum absolute atomic E-state index is 0.0752. The molecule has 2 saturated heterocycles. The van der Waals surface area contributed by atoms with E-state index in [4.69, 9.17) is 4.98 Å². The predicted octanol–water partition coefficient (Wildman–Crippen LogP) is 2.15. The Morgan fingerprint density at radius 3 is 2.55 bits per heavy atom. The largest absolute Gasteiger partial charge is 0.356 e. The molecule has 3 heterocycles. The van der Waals surface area contributed by atoms with Crippen molar-refractivity contribution in [3.63, 3.8) is 0 Å². The van der Waals surface area contributed by atoms with Crippen molar-refractivity contribution in [3.8, 4) is 0 Å². The van der Waals surface area contributed by atoms with Crippen LogP contribution in [-0.2, 0) is 22.4 Å². The maximum atomic E-state index is 12.7. The van der Waals surface area contributed by atoms with E-state index >= 15 is 0 Å². The van der Waals surface area contributed by atoms with Crippen LogP contribution in [0.2, 0.25) is 0 Å². The van der Waals surface area contributed by atoms with E-state index < -0.39 is 0 Å². The Kier molecular flexibility index (Phi) is 7.48. The Balaban J connectivity index is 1.21. The van der Waals surface area contributed by atoms with Gasteiger partial charge >= 0.3 is 0 Å². The first kappa shape index (κ1) is 22.5. The van der Waals surface area contributed by atoms with Gasteiger partial charge in [0.1, 0.15) is 0 Å². The first-order valence-corrected chi connectivity index (χ1v) is 12.8. The summed E-state index contributed by atoms with van der Waals surface area (Å²) in [6.45, 7) is 11.5. The lowest BCUT2D eigenvalue weighted by Crippen LogP contribution is -2.48. The minimum atomic E-state index is 0.0752. The van der Waals surface area contributed by atoms with Crippen LogP contribution in [0.5, 0.6) is 0 Å². The summed E-state index contributed by atoms with van der Waals surface area (Å²) in [6, 6.07) is 0. The number of hydrogen-bond acceptors (Lipinski definition) is 6. The first-order chi connectivity index (χ1) is 15.0. The van der Waals surface area contributed by atoms with Gasteiger partial charge in [-0.15, -0.1) is 11.3 Å². The molecule has 2 amide bonds. The normalized spacial score (nSPS) is 23.0. The van der Waals surface area contributed by atoms with Crippen LogP contribution in [0.3, 0.4) is 0 Å². The zero-order valence-electron chi connectivity index (χ0n) is 19.1. The second kappa shape index (κ2) is 10.3. The number of piperazine rings is 1. The van der Waals surface area contributed by atoms with Crippen molar-refractivity contribution in [3.05, 3.63) is 10.6 Å². The fourth-order valence-corrected chi connectivity index (χ4v) is 6.12. The second-order valence-electron chi connectivity index (χ2n) is 9.47. The number of aryl methyl sites for hydroxylation is 1. The van der Waals surface area contributed by atoms with Crippen molar-refractivity contribution in [1.29, 1.82) is 0 Å². The number of amides is 2. The molecular formula is C23H37N5O2S. The van der Waals surface area contributed by atoms with Crippen LogP contribution < -0.4 is 10.2 Å². The van der Waals surface area contributed by atoms with Gasteiger partial charge in [0.05, 0.1) is 5.69 Å². The third kappa shape index (κ3) is 5.77. The molecule has 0 spiro atoms. The van der Waals surface area contributed by atoms with Crippen LogP contribution in [-0.4, -0.2) is 79.0 Å². The highest BCUT2D eigenvalue weighted by atomic mass is 32.1. The highest BCUT2D eigenvalue weighted by molar-refractivity contribution is 7.15. The molecule has 0 saturated carbocycles. The molecule has 1 aromatic heterocycles. The SMILES string of the molecule is CC(=O)N1CCN(c2nc3c(s2)C[C@@H](C(=O)NCCCN2CCC(C)CC2)CC3)CC1. The summed E-state index contributed by atoms with van der Waals surface area (Å²) in [5.74, 6) is 1.30. The number of carbonyl (C=O) groups is 2. The summed E-state index contributed by atoms with van der Waals surface area (Å²) in [5, 5.41) is 4.25. The molecule has 0 aromatic carbocycles. The van der Waals surface area contributed by atoms with Crippen molar-refractivity contribution in [2.75, 3.05) is 57.3 Å². The number of thiazole rings is 1. The Morgan fingerprint density at radius 2 is 1.84 bits per heavy atom. The van der Waals surface area contributed by atoms with Gasteiger partial charge in [-0.1, -0.05) is 6.92 Å². The number of carbonyl (C=O) groups excluding carboxylic acids is 2. The molecule has 0 bridgehead atoms. The van der Waals surface area contributed by atoms with Gasteiger partial charge in [0.2, 0.25) is 11.8 Å². The van der Waals surface area contributed by atoms with Crippen molar-refractivity contribution >= 4 is 28.3 Å². The van der Waals surface area contributed by atoms with E-state index in [0.29, 0.717) is 0 Å². The summed E-state index contributed by atoms with van der Waals surface area (Å²) in [5.41, 5.74) is 1.18. The molecule has 1 atom stereocenters. The molecule has 1 aromatic rings. The molecule has 7 nitrogen and oxygen atoms in total. The Bertz CT molecular complexity index is 766. The Labute approximate surface area is 190 Å². The van der Waals surface area contributed by atoms with Gasteiger partial charge in [-0.2, -0.15) is 0 Å². The lowest BCUT2D eigenvalue weighted by atomic mass is 9.90. The van der Waals surface area contributed by atoms with Crippen LogP contribution in [0.1, 0.15) is 50.1 Å². The van der Waals surface area contributed by atoms with Crippen LogP contribution in [0.4, 0.5) is 5.13 Å². The zero-order chi connectivity index (χ0) is 21.8. The van der Waals surface area contributed by atoms with Crippen LogP contribution in [0, 0.1) is 11.8 Å². The Hall–Kier alpha value is -1.67. The summed E-state index contributed by atoms with van der Waals surface area (Å²) < 4.78 is 0. The summed E-state index contributed by atoms with van der Waals surface area (Å²) in [4.78, 5) is 37.1. The number of piperidine rings is 1. The number of nitrogens with zero attached hydrogens (tertiary/aromatic N) is 4. The summed E-state index contributed by atoms with van der Waals surface area (Å²) in [7, 11) is 0. The molecule has 2 aliphatic heterocycles. The number of anilines is 1. The third-order valence-electron chi connectivity index (χ3n) is 7.12. The number of aromatic nitrogens is 1. The van der Waals surface area contributed by atoms with E-state index in [0.717, 1.165) is 76.0 Å². The first-order valence-electron chi connectivity index (χ1n) is 12.0. The van der Waals surface area contributed by atoms with Crippen LogP contribution in [0.25, 0.3) is 0 Å². The van der Waals surface area contributed by atoms with E-state index in [1.807, 2.05) is 4.90 Å². The van der Waals surface area contributed by atoms with Gasteiger partial charge in [0.15, 0.2) is 5.13 Å². The lowest BCUT2D eigenvalue weighted by molar-refractivity contribution is -0.129. The lowest BCUT2D eigenvalue weighted by Gasteiger charge is -2.33. The van der Waals surface area contributed by atoms with Gasteiger partial charge < -0.3 is 20.0 Å². The Morgan fingerprint density at radius 1 is 1.10 bits per heavy atom. The number of fused-ring (bicyclic) bond motifs is 1. The van der Waals surface area contributed by atoms with E-state index in [2.05, 4.69) is 22.0 Å². The molecule has 31 heavy (non-hydrogen) atoms. The molecule has 1 N–H and O–H groups in total. The fourth-order valence-electron chi connectivity index (χ4n) is 4.88. The van der Waals surface area contributed by atoms with E-state index in [9.17, 15) is 9.59 Å². The third-order valence-corrected chi connectivity index (χ3v) is 8.30. The average molecular weight is 448 g/mol. The highest BCUT2D eigenvalue weighted by Crippen LogP contribution is 2.34. The zero-order valence-corrected chi connectivity index (χ0v) is 19.9. The topological polar surface area (TPSA) is 68.8 Å². The molecule has 0 unspecified atom stereocenters. The molecule has 2 fully saturated rings. The molecule has 3 aliphatic rings. The highest BCUT2D eigenvalue weighted by Gasteiger charge is 2.29. The van der Waals surface area contributed by atoms with Crippen molar-refractivity contribution in [2.45, 2.75) is 52.4 Å². The number of nitrogens with one attached hydrogen (secondary N) is 1. The van der Waals surface area contributed by atoms with Crippen molar-refractivity contribution in [2.24, 2.45) is 11.8 Å². The van der Waals surface area contributed by atoms with E-state index in [-0.39, 0.29) is 17.7 Å². The molecule has 172 valence electrons. The second-order valence-corrected chi connectivity index (χ2v) is 10.5. The summed E-state index contributed by atoms with van der Waals surface area (Å²) in [6.07, 6.45) is 6.25. The fraction of sp³-hybridized carbons (Fsp3) is 0.783. The molecule has 8 heteroatoms. The standard InChI is InChI=1S/C23H37N5O2S/c1-17-6-10-26(11-7-17)9-3-8-24-22(30)19-4-5-20-21(16-19)31-23(25-20)28-14-12-27(13-15-28)18(2)29/h17,19H,3-16H2,1-2H3,(H,24,30)/t19-/m0/s1. The van der Waals surface area contributed by atoms with Gasteiger partial charge in [-0.3, -0.25) is 9.59 Å². The summed E-state index contributed by atoms with van der Waals surface area (Å²) >= 11 is 1.74. The average Bonchev–Trinajstić information content (AvgIpc) is 3.21. The predicted molar refractivity (Wildman–Crippen MR) is 125 cm³/mol. The monoisotopic (exact) mass is 447 g/mol. The maximum Gasteiger partial charge on any atom is 0.223 e. The minimum Gasteiger partial charge on any atom is -0.356 e. The molecule has 4 rings (SSSR count). The number of likely N-dealkylation sites (tertiary alicyclic amines) is 1. The number of rotatable bonds is 6. The quantitative estimate of drug-likeness (QED) is 0.677. The molecule has 0 radical (unpaired) electrons. The number of hydrogen-bond donors (Lipinski definition) is 1. The van der Waals surface area contributed by atoms with Crippen LogP contribution >= 0.6 is 11.3 Å². The van der Waals surface area contributed by atoms with Crippen LogP contribution in [0.15, 0.2) is 0 Å². The van der Waals surface area contributed by atoms with Gasteiger partial charge in [0, 0.05) is 50.4 Å². The van der Waals surface area contributed by atoms with E-state index in [1.165, 1.54) is 36.5 Å². The van der Waals surface area contributed by atoms with Gasteiger partial charge in [-0.25, -0.2) is 4.98 Å². The van der Waals surface area contributed by atoms with Crippen molar-refractivity contribution in [1.82, 2.24) is 20.1 Å². The van der Waals surface area contributed by atoms with Crippen molar-refractivity contribution < 1.29 is 9.59 Å². The smallest absolute Gasteiger partial charge is 0.223 e. The van der Waals surface area contributed by atoms with Gasteiger partial charge in [-0.05, 0) is 64.1 Å². The maximum absolute atomic E-state index is 12.7. The molecule has 1 aliphatic carbocycles. The van der Waals surface area contributed by atoms with Gasteiger partial charge in [0.25, 0.3) is 0 Å².